The first kappa shape index (κ1) is 20.6. The average Bonchev–Trinajstić information content (AvgIpc) is 3.20. The Morgan fingerprint density at radius 2 is 1.70 bits per heavy atom. The molecule has 0 aromatic carbocycles. The van der Waals surface area contributed by atoms with Crippen molar-refractivity contribution >= 4 is 23.8 Å². The van der Waals surface area contributed by atoms with Gasteiger partial charge < -0.3 is 19.9 Å². The van der Waals surface area contributed by atoms with Crippen LogP contribution in [0.15, 0.2) is 4.99 Å². The maximum Gasteiger partial charge on any atom is 0.409 e. The zero-order valence-corrected chi connectivity index (χ0v) is 17.7. The van der Waals surface area contributed by atoms with Crippen molar-refractivity contribution in [2.45, 2.75) is 38.1 Å². The molecule has 7 nitrogen and oxygen atoms in total. The number of guanidine groups is 1. The second-order valence-electron chi connectivity index (χ2n) is 7.60. The van der Waals surface area contributed by atoms with Crippen molar-refractivity contribution < 1.29 is 9.53 Å². The molecule has 0 bridgehead atoms. The lowest BCUT2D eigenvalue weighted by atomic mass is 9.94. The number of aliphatic imine (C=N–C) groups is 1. The van der Waals surface area contributed by atoms with Gasteiger partial charge >= 0.3 is 6.09 Å². The van der Waals surface area contributed by atoms with E-state index in [4.69, 9.17) is 4.74 Å². The van der Waals surface area contributed by atoms with Crippen LogP contribution in [-0.4, -0.2) is 103 Å². The van der Waals surface area contributed by atoms with Crippen LogP contribution in [0.4, 0.5) is 4.79 Å². The van der Waals surface area contributed by atoms with E-state index in [2.05, 4.69) is 31.9 Å². The molecule has 1 amide bonds. The normalized spacial score (nSPS) is 24.1. The molecule has 2 aliphatic heterocycles. The molecular formula is C19H35N5O2S. The van der Waals surface area contributed by atoms with Crippen LogP contribution in [0, 0.1) is 0 Å². The predicted octanol–water partition coefficient (Wildman–Crippen LogP) is 1.70. The smallest absolute Gasteiger partial charge is 0.409 e. The number of thioether (sulfide) groups is 1. The third kappa shape index (κ3) is 5.02. The van der Waals surface area contributed by atoms with Crippen LogP contribution in [0.2, 0.25) is 0 Å². The van der Waals surface area contributed by atoms with Crippen LogP contribution < -0.4 is 5.32 Å². The van der Waals surface area contributed by atoms with Crippen molar-refractivity contribution in [1.82, 2.24) is 20.0 Å². The molecule has 0 aromatic heterocycles. The van der Waals surface area contributed by atoms with E-state index in [-0.39, 0.29) is 6.09 Å². The number of rotatable bonds is 4. The summed E-state index contributed by atoms with van der Waals surface area (Å²) in [6.45, 7) is 8.65. The molecule has 0 unspecified atom stereocenters. The van der Waals surface area contributed by atoms with Gasteiger partial charge in [0.1, 0.15) is 0 Å². The van der Waals surface area contributed by atoms with Crippen molar-refractivity contribution in [3.8, 4) is 0 Å². The van der Waals surface area contributed by atoms with Crippen molar-refractivity contribution in [3.63, 3.8) is 0 Å². The SMILES string of the molecule is CCOC(=O)N1CCN(C(=NC)NCC2(N3CCSCC3)CCCC2)CC1. The molecule has 0 spiro atoms. The summed E-state index contributed by atoms with van der Waals surface area (Å²) in [5.41, 5.74) is 0.295. The summed E-state index contributed by atoms with van der Waals surface area (Å²) in [4.78, 5) is 23.2. The lowest BCUT2D eigenvalue weighted by molar-refractivity contribution is 0.0899. The van der Waals surface area contributed by atoms with Gasteiger partial charge in [-0.05, 0) is 19.8 Å². The Balaban J connectivity index is 1.53. The highest BCUT2D eigenvalue weighted by molar-refractivity contribution is 7.99. The van der Waals surface area contributed by atoms with Crippen LogP contribution >= 0.6 is 11.8 Å². The van der Waals surface area contributed by atoms with Gasteiger partial charge in [-0.3, -0.25) is 9.89 Å². The van der Waals surface area contributed by atoms with Crippen molar-refractivity contribution in [1.29, 1.82) is 0 Å². The van der Waals surface area contributed by atoms with Gasteiger partial charge in [0.2, 0.25) is 0 Å². The highest BCUT2D eigenvalue weighted by atomic mass is 32.2. The maximum absolute atomic E-state index is 11.9. The fourth-order valence-corrected chi connectivity index (χ4v) is 5.47. The summed E-state index contributed by atoms with van der Waals surface area (Å²) in [5.74, 6) is 3.48. The molecule has 0 atom stereocenters. The monoisotopic (exact) mass is 397 g/mol. The van der Waals surface area contributed by atoms with Crippen molar-refractivity contribution in [3.05, 3.63) is 0 Å². The zero-order valence-electron chi connectivity index (χ0n) is 16.9. The third-order valence-corrected chi connectivity index (χ3v) is 7.05. The van der Waals surface area contributed by atoms with E-state index in [9.17, 15) is 4.79 Å². The van der Waals surface area contributed by atoms with Gasteiger partial charge in [-0.15, -0.1) is 0 Å². The van der Waals surface area contributed by atoms with E-state index in [0.717, 1.165) is 25.6 Å². The minimum Gasteiger partial charge on any atom is -0.450 e. The van der Waals surface area contributed by atoms with Crippen LogP contribution in [0.25, 0.3) is 0 Å². The number of ether oxygens (including phenoxy) is 1. The van der Waals surface area contributed by atoms with Gasteiger partial charge in [0.25, 0.3) is 0 Å². The number of hydrogen-bond donors (Lipinski definition) is 1. The molecule has 2 heterocycles. The number of piperazine rings is 1. The van der Waals surface area contributed by atoms with E-state index in [1.165, 1.54) is 50.3 Å². The summed E-state index contributed by atoms with van der Waals surface area (Å²) in [6.07, 6.45) is 5.05. The summed E-state index contributed by atoms with van der Waals surface area (Å²) in [7, 11) is 1.86. The summed E-state index contributed by atoms with van der Waals surface area (Å²) >= 11 is 2.08. The Bertz CT molecular complexity index is 510. The minimum atomic E-state index is -0.201. The number of nitrogens with one attached hydrogen (secondary N) is 1. The third-order valence-electron chi connectivity index (χ3n) is 6.11. The molecule has 0 aromatic rings. The number of amides is 1. The fraction of sp³-hybridized carbons (Fsp3) is 0.895. The van der Waals surface area contributed by atoms with Gasteiger partial charge in [0, 0.05) is 69.9 Å². The first-order valence-electron chi connectivity index (χ1n) is 10.4. The molecule has 3 fully saturated rings. The maximum atomic E-state index is 11.9. The van der Waals surface area contributed by atoms with Gasteiger partial charge in [0.05, 0.1) is 6.61 Å². The van der Waals surface area contributed by atoms with E-state index in [1.54, 1.807) is 4.90 Å². The lowest BCUT2D eigenvalue weighted by Crippen LogP contribution is -2.59. The Labute approximate surface area is 167 Å². The van der Waals surface area contributed by atoms with Crippen LogP contribution in [0.1, 0.15) is 32.6 Å². The molecular weight excluding hydrogens is 362 g/mol. The first-order valence-corrected chi connectivity index (χ1v) is 11.5. The van der Waals surface area contributed by atoms with Crippen LogP contribution in [0.3, 0.4) is 0 Å². The fourth-order valence-electron chi connectivity index (χ4n) is 4.57. The quantitative estimate of drug-likeness (QED) is 0.576. The van der Waals surface area contributed by atoms with Gasteiger partial charge in [-0.2, -0.15) is 11.8 Å². The molecule has 0 radical (unpaired) electrons. The Morgan fingerprint density at radius 3 is 2.30 bits per heavy atom. The number of hydrogen-bond acceptors (Lipinski definition) is 5. The number of carbonyl (C=O) groups excluding carboxylic acids is 1. The number of nitrogens with zero attached hydrogens (tertiary/aromatic N) is 4. The zero-order chi connectivity index (χ0) is 19.1. The molecule has 3 rings (SSSR count). The lowest BCUT2D eigenvalue weighted by Gasteiger charge is -2.44. The molecule has 27 heavy (non-hydrogen) atoms. The highest BCUT2D eigenvalue weighted by Gasteiger charge is 2.40. The van der Waals surface area contributed by atoms with E-state index in [1.807, 2.05) is 14.0 Å². The summed E-state index contributed by atoms with van der Waals surface area (Å²) in [5, 5.41) is 3.68. The predicted molar refractivity (Wildman–Crippen MR) is 112 cm³/mol. The topological polar surface area (TPSA) is 60.4 Å². The Hall–Kier alpha value is -1.15. The van der Waals surface area contributed by atoms with Gasteiger partial charge in [-0.25, -0.2) is 4.79 Å². The second kappa shape index (κ2) is 9.87. The summed E-state index contributed by atoms with van der Waals surface area (Å²) in [6, 6.07) is 0. The molecule has 1 saturated carbocycles. The summed E-state index contributed by atoms with van der Waals surface area (Å²) < 4.78 is 5.11. The largest absolute Gasteiger partial charge is 0.450 e. The van der Waals surface area contributed by atoms with E-state index < -0.39 is 0 Å². The molecule has 2 saturated heterocycles. The highest BCUT2D eigenvalue weighted by Crippen LogP contribution is 2.36. The van der Waals surface area contributed by atoms with E-state index >= 15 is 0 Å². The molecule has 154 valence electrons. The average molecular weight is 398 g/mol. The Morgan fingerprint density at radius 1 is 1.07 bits per heavy atom. The van der Waals surface area contributed by atoms with Crippen molar-refractivity contribution in [2.75, 3.05) is 71.0 Å². The minimum absolute atomic E-state index is 0.201. The van der Waals surface area contributed by atoms with Crippen molar-refractivity contribution in [2.24, 2.45) is 4.99 Å². The second-order valence-corrected chi connectivity index (χ2v) is 8.83. The molecule has 3 aliphatic rings. The molecule has 1 aliphatic carbocycles. The van der Waals surface area contributed by atoms with Crippen LogP contribution in [0.5, 0.6) is 0 Å². The number of carbonyl (C=O) groups is 1. The first-order chi connectivity index (χ1) is 13.2. The van der Waals surface area contributed by atoms with Crippen LogP contribution in [-0.2, 0) is 4.74 Å². The van der Waals surface area contributed by atoms with Gasteiger partial charge in [0.15, 0.2) is 5.96 Å². The standard InChI is InChI=1S/C19H35N5O2S/c1-3-26-18(25)23-10-8-22(9-11-23)17(20-2)21-16-19(6-4-5-7-19)24-12-14-27-15-13-24/h3-16H2,1-2H3,(H,20,21). The van der Waals surface area contributed by atoms with Gasteiger partial charge in [-0.1, -0.05) is 12.8 Å². The molecule has 8 heteroatoms. The Kier molecular flexibility index (Phi) is 7.52. The molecule has 1 N–H and O–H groups in total. The van der Waals surface area contributed by atoms with E-state index in [0.29, 0.717) is 25.2 Å².